The van der Waals surface area contributed by atoms with Crippen molar-refractivity contribution >= 4 is 33.1 Å². The molecule has 2 aromatic rings. The van der Waals surface area contributed by atoms with Crippen LogP contribution in [0.2, 0.25) is 0 Å². The number of hydrogen-bond donors (Lipinski definition) is 1. The Morgan fingerprint density at radius 2 is 1.80 bits per heavy atom. The van der Waals surface area contributed by atoms with Gasteiger partial charge in [0.25, 0.3) is 0 Å². The minimum Gasteiger partial charge on any atom is -0.460 e. The Balaban J connectivity index is 1.46. The van der Waals surface area contributed by atoms with Crippen LogP contribution in [0.5, 0.6) is 5.88 Å². The molecule has 3 heterocycles. The highest BCUT2D eigenvalue weighted by Gasteiger charge is 2.51. The van der Waals surface area contributed by atoms with E-state index in [9.17, 15) is 22.8 Å². The van der Waals surface area contributed by atoms with Crippen LogP contribution in [0.15, 0.2) is 36.4 Å². The van der Waals surface area contributed by atoms with Gasteiger partial charge in [0.05, 0.1) is 0 Å². The van der Waals surface area contributed by atoms with Crippen molar-refractivity contribution in [2.45, 2.75) is 70.3 Å². The number of nitrogen functional groups attached to an aromatic ring is 1. The molecule has 2 saturated heterocycles. The predicted molar refractivity (Wildman–Crippen MR) is 148 cm³/mol. The molecule has 2 N–H and O–H groups in total. The van der Waals surface area contributed by atoms with Crippen molar-refractivity contribution in [1.82, 2.24) is 14.9 Å². The standard InChI is InChI=1S/C27H35F3N5O5P/c1-25(2,3)40-21(36)18-14-26(16-35(18)24(37)38-15-17-7-5-4-6-8-17)9-11-34(12-10-26)19-13-20(33-23(31)32-19)39-22(41)27(28,29)30/h4-8,13,18,22H,9-12,14-16,41H2,1-3H3,(H2,31,32,33)/t18-,22+/m0/s1. The molecule has 4 rings (SSSR count). The lowest BCUT2D eigenvalue weighted by Gasteiger charge is -2.39. The Bertz CT molecular complexity index is 1240. The number of benzene rings is 1. The summed E-state index contributed by atoms with van der Waals surface area (Å²) in [6.45, 7) is 6.62. The average Bonchev–Trinajstić information content (AvgIpc) is 3.26. The van der Waals surface area contributed by atoms with Gasteiger partial charge in [-0.3, -0.25) is 4.90 Å². The highest BCUT2D eigenvalue weighted by atomic mass is 31.0. The molecule has 2 aliphatic rings. The van der Waals surface area contributed by atoms with Crippen molar-refractivity contribution < 1.29 is 37.0 Å². The van der Waals surface area contributed by atoms with Crippen molar-refractivity contribution in [1.29, 1.82) is 0 Å². The van der Waals surface area contributed by atoms with Gasteiger partial charge in [-0.05, 0) is 51.0 Å². The minimum atomic E-state index is -4.59. The Morgan fingerprint density at radius 1 is 1.15 bits per heavy atom. The fourth-order valence-corrected chi connectivity index (χ4v) is 5.19. The summed E-state index contributed by atoms with van der Waals surface area (Å²) >= 11 is 0. The topological polar surface area (TPSA) is 120 Å². The summed E-state index contributed by atoms with van der Waals surface area (Å²) in [4.78, 5) is 37.7. The molecule has 1 aromatic carbocycles. The van der Waals surface area contributed by atoms with Crippen molar-refractivity contribution in [2.24, 2.45) is 5.41 Å². The van der Waals surface area contributed by atoms with Crippen molar-refractivity contribution in [3.8, 4) is 5.88 Å². The Morgan fingerprint density at radius 3 is 2.41 bits per heavy atom. The highest BCUT2D eigenvalue weighted by Crippen LogP contribution is 2.45. The maximum absolute atomic E-state index is 13.2. The van der Waals surface area contributed by atoms with E-state index >= 15 is 0 Å². The molecule has 0 aliphatic carbocycles. The molecule has 2 fully saturated rings. The van der Waals surface area contributed by atoms with Gasteiger partial charge in [-0.25, -0.2) is 9.59 Å². The van der Waals surface area contributed by atoms with E-state index in [1.165, 1.54) is 11.0 Å². The van der Waals surface area contributed by atoms with Crippen LogP contribution in [-0.2, 0) is 20.9 Å². The van der Waals surface area contributed by atoms with Gasteiger partial charge in [0.2, 0.25) is 17.7 Å². The van der Waals surface area contributed by atoms with Crippen LogP contribution in [0.3, 0.4) is 0 Å². The number of rotatable bonds is 6. The molecule has 0 saturated carbocycles. The summed E-state index contributed by atoms with van der Waals surface area (Å²) in [6, 6.07) is 9.77. The van der Waals surface area contributed by atoms with E-state index in [4.69, 9.17) is 19.9 Å². The van der Waals surface area contributed by atoms with Gasteiger partial charge < -0.3 is 24.8 Å². The smallest absolute Gasteiger partial charge is 0.428 e. The molecule has 10 nitrogen and oxygen atoms in total. The highest BCUT2D eigenvalue weighted by molar-refractivity contribution is 7.17. The molecule has 1 amide bonds. The summed E-state index contributed by atoms with van der Waals surface area (Å²) in [6.07, 6.45) is -3.61. The number of alkyl halides is 3. The average molecular weight is 598 g/mol. The zero-order valence-corrected chi connectivity index (χ0v) is 24.3. The maximum atomic E-state index is 13.2. The first-order chi connectivity index (χ1) is 19.1. The van der Waals surface area contributed by atoms with E-state index in [1.807, 2.05) is 35.2 Å². The molecule has 1 aromatic heterocycles. The first kappa shape index (κ1) is 30.6. The number of nitrogens with zero attached hydrogens (tertiary/aromatic N) is 4. The molecule has 0 bridgehead atoms. The summed E-state index contributed by atoms with van der Waals surface area (Å²) in [5.74, 6) is -2.80. The second-order valence-corrected chi connectivity index (χ2v) is 12.0. The summed E-state index contributed by atoms with van der Waals surface area (Å²) < 4.78 is 55.0. The van der Waals surface area contributed by atoms with Crippen LogP contribution >= 0.6 is 9.24 Å². The molecule has 1 unspecified atom stereocenters. The number of piperidine rings is 1. The van der Waals surface area contributed by atoms with Crippen LogP contribution in [0.4, 0.5) is 29.7 Å². The zero-order valence-electron chi connectivity index (χ0n) is 23.2. The lowest BCUT2D eigenvalue weighted by atomic mass is 9.76. The second-order valence-electron chi connectivity index (χ2n) is 11.4. The number of carbonyl (C=O) groups excluding carboxylic acids is 2. The number of likely N-dealkylation sites (tertiary alicyclic amines) is 1. The summed E-state index contributed by atoms with van der Waals surface area (Å²) in [7, 11) is 1.59. The molecular formula is C27H35F3N5O5P. The molecule has 224 valence electrons. The van der Waals surface area contributed by atoms with Gasteiger partial charge in [0, 0.05) is 25.7 Å². The van der Waals surface area contributed by atoms with Crippen LogP contribution in [0, 0.1) is 5.41 Å². The molecule has 14 heteroatoms. The van der Waals surface area contributed by atoms with Gasteiger partial charge in [0.1, 0.15) is 24.1 Å². The van der Waals surface area contributed by atoms with E-state index in [-0.39, 0.29) is 23.9 Å². The summed E-state index contributed by atoms with van der Waals surface area (Å²) in [5.41, 5.74) is 5.47. The number of nitrogens with two attached hydrogens (primary N) is 1. The number of halogens is 3. The monoisotopic (exact) mass is 597 g/mol. The van der Waals surface area contributed by atoms with E-state index in [0.717, 1.165) is 5.56 Å². The van der Waals surface area contributed by atoms with Crippen LogP contribution in [-0.4, -0.2) is 70.2 Å². The minimum absolute atomic E-state index is 0.0724. The molecule has 0 radical (unpaired) electrons. The number of esters is 1. The molecule has 2 aliphatic heterocycles. The lowest BCUT2D eigenvalue weighted by Crippen LogP contribution is -2.44. The van der Waals surface area contributed by atoms with E-state index in [1.54, 1.807) is 30.0 Å². The Hall–Kier alpha value is -3.34. The predicted octanol–water partition coefficient (Wildman–Crippen LogP) is 4.54. The van der Waals surface area contributed by atoms with E-state index in [0.29, 0.717) is 44.7 Å². The Kier molecular flexibility index (Phi) is 8.87. The first-order valence-electron chi connectivity index (χ1n) is 13.2. The summed E-state index contributed by atoms with van der Waals surface area (Å²) in [5, 5.41) is 0. The van der Waals surface area contributed by atoms with Gasteiger partial charge in [0.15, 0.2) is 0 Å². The quantitative estimate of drug-likeness (QED) is 0.378. The second kappa shape index (κ2) is 11.9. The largest absolute Gasteiger partial charge is 0.460 e. The number of hydrogen-bond acceptors (Lipinski definition) is 9. The maximum Gasteiger partial charge on any atom is 0.428 e. The van der Waals surface area contributed by atoms with Gasteiger partial charge in [-0.15, -0.1) is 0 Å². The van der Waals surface area contributed by atoms with Crippen LogP contribution < -0.4 is 15.4 Å². The number of anilines is 2. The SMILES string of the molecule is CC(C)(C)OC(=O)[C@@H]1CC2(CCN(c3cc(O[C@H](P)C(F)(F)F)nc(N)n3)CC2)CN1C(=O)OCc1ccccc1. The molecule has 41 heavy (non-hydrogen) atoms. The number of aromatic nitrogens is 2. The first-order valence-corrected chi connectivity index (χ1v) is 13.9. The lowest BCUT2D eigenvalue weighted by molar-refractivity contribution is -0.167. The van der Waals surface area contributed by atoms with E-state index < -0.39 is 35.7 Å². The van der Waals surface area contributed by atoms with Crippen molar-refractivity contribution in [3.05, 3.63) is 42.0 Å². The molecule has 1 spiro atoms. The fourth-order valence-electron chi connectivity index (χ4n) is 5.05. The van der Waals surface area contributed by atoms with E-state index in [2.05, 4.69) is 9.97 Å². The Labute approximate surface area is 238 Å². The zero-order chi connectivity index (χ0) is 30.0. The normalized spacial score (nSPS) is 19.6. The van der Waals surface area contributed by atoms with Crippen LogP contribution in [0.1, 0.15) is 45.6 Å². The van der Waals surface area contributed by atoms with Gasteiger partial charge in [-0.1, -0.05) is 39.6 Å². The van der Waals surface area contributed by atoms with Gasteiger partial charge in [-0.2, -0.15) is 23.1 Å². The number of carbonyl (C=O) groups is 2. The third-order valence-corrected chi connectivity index (χ3v) is 7.57. The molecule has 3 atom stereocenters. The van der Waals surface area contributed by atoms with Crippen molar-refractivity contribution in [2.75, 3.05) is 30.3 Å². The third-order valence-electron chi connectivity index (χ3n) is 7.05. The number of ether oxygens (including phenoxy) is 3. The van der Waals surface area contributed by atoms with Crippen molar-refractivity contribution in [3.63, 3.8) is 0 Å². The third kappa shape index (κ3) is 7.90. The number of amides is 1. The fraction of sp³-hybridized carbons (Fsp3) is 0.556. The molecular weight excluding hydrogens is 562 g/mol. The van der Waals surface area contributed by atoms with Crippen LogP contribution in [0.25, 0.3) is 0 Å². The van der Waals surface area contributed by atoms with Gasteiger partial charge >= 0.3 is 18.2 Å².